The lowest BCUT2D eigenvalue weighted by atomic mass is 9.97. The van der Waals surface area contributed by atoms with Crippen LogP contribution < -0.4 is 16.8 Å². The molecule has 2 aromatic heterocycles. The molecule has 0 aliphatic carbocycles. The number of benzene rings is 2. The zero-order chi connectivity index (χ0) is 32.0. The largest absolute Gasteiger partial charge is 0.445 e. The van der Waals surface area contributed by atoms with Crippen molar-refractivity contribution in [2.24, 2.45) is 5.73 Å². The minimum absolute atomic E-state index is 0.160. The Bertz CT molecular complexity index is 1720. The Kier molecular flexibility index (Phi) is 9.31. The van der Waals surface area contributed by atoms with Crippen LogP contribution in [0.25, 0.3) is 16.8 Å². The maximum Gasteiger partial charge on any atom is 0.416 e. The van der Waals surface area contributed by atoms with Gasteiger partial charge in [0.25, 0.3) is 5.91 Å². The lowest BCUT2D eigenvalue weighted by molar-refractivity contribution is -0.0884. The molecule has 1 saturated heterocycles. The van der Waals surface area contributed by atoms with Gasteiger partial charge >= 0.3 is 12.3 Å². The maximum atomic E-state index is 13.0. The second kappa shape index (κ2) is 13.5. The molecule has 0 spiro atoms. The van der Waals surface area contributed by atoms with Gasteiger partial charge < -0.3 is 26.4 Å². The van der Waals surface area contributed by atoms with E-state index in [1.165, 1.54) is 18.5 Å². The van der Waals surface area contributed by atoms with E-state index >= 15 is 0 Å². The number of fused-ring (bicyclic) bond motifs is 1. The molecule has 14 heteroatoms. The third kappa shape index (κ3) is 7.22. The summed E-state index contributed by atoms with van der Waals surface area (Å²) < 4.78 is 46.3. The first-order valence-electron chi connectivity index (χ1n) is 14.1. The predicted octanol–water partition coefficient (Wildman–Crippen LogP) is 4.58. The van der Waals surface area contributed by atoms with E-state index in [-0.39, 0.29) is 30.5 Å². The number of aromatic nitrogens is 4. The number of nitrogens with zero attached hydrogens (tertiary/aromatic N) is 5. The van der Waals surface area contributed by atoms with Crippen LogP contribution in [-0.2, 0) is 11.3 Å². The topological polar surface area (TPSA) is 154 Å². The summed E-state index contributed by atoms with van der Waals surface area (Å²) in [4.78, 5) is 36.2. The van der Waals surface area contributed by atoms with E-state index in [9.17, 15) is 22.8 Å². The third-order valence-corrected chi connectivity index (χ3v) is 7.34. The summed E-state index contributed by atoms with van der Waals surface area (Å²) in [6.07, 6.45) is 0.178. The number of likely N-dealkylation sites (tertiary alicyclic amines) is 1. The van der Waals surface area contributed by atoms with E-state index in [0.29, 0.717) is 35.7 Å². The minimum Gasteiger partial charge on any atom is -0.445 e. The smallest absolute Gasteiger partial charge is 0.416 e. The van der Waals surface area contributed by atoms with Crippen LogP contribution in [-0.4, -0.2) is 62.3 Å². The minimum atomic E-state index is -4.60. The number of halogens is 3. The monoisotopic (exact) mass is 620 g/mol. The Morgan fingerprint density at radius 2 is 1.87 bits per heavy atom. The lowest BCUT2D eigenvalue weighted by Gasteiger charge is -2.31. The van der Waals surface area contributed by atoms with E-state index in [1.54, 1.807) is 21.5 Å². The van der Waals surface area contributed by atoms with Crippen LogP contribution in [0.5, 0.6) is 0 Å². The molecule has 1 aliphatic rings. The van der Waals surface area contributed by atoms with Gasteiger partial charge in [0.2, 0.25) is 0 Å². The first-order chi connectivity index (χ1) is 21.7. The van der Waals surface area contributed by atoms with E-state index in [0.717, 1.165) is 36.8 Å². The van der Waals surface area contributed by atoms with Crippen LogP contribution in [0.1, 0.15) is 40.5 Å². The first-order valence-corrected chi connectivity index (χ1v) is 14.1. The van der Waals surface area contributed by atoms with Crippen molar-refractivity contribution in [3.63, 3.8) is 0 Å². The molecule has 2 aromatic carbocycles. The standard InChI is InChI=1S/C31H31F3N8O3/c32-31(33,34)24(12-14-35)13-15-37-29(43)22-10-8-21(9-11-22)25-26-27(36)38-19-39-42(26)28(40-25)23-7-4-16-41(17-23)30(44)45-18-20-5-2-1-3-6-20/h1-3,5-6,8-14,19,23H,4,7,15-18,35H2,(H,37,43)(H2,36,38,39)/b14-12-,24-13+/t23-/m1/s1. The van der Waals surface area contributed by atoms with E-state index < -0.39 is 23.7 Å². The molecule has 45 heavy (non-hydrogen) atoms. The summed E-state index contributed by atoms with van der Waals surface area (Å²) in [5.74, 6) is 0.0904. The van der Waals surface area contributed by atoms with Crippen molar-refractivity contribution in [1.82, 2.24) is 29.8 Å². The van der Waals surface area contributed by atoms with Crippen molar-refractivity contribution in [2.45, 2.75) is 31.5 Å². The molecule has 2 amide bonds. The number of hydrogen-bond acceptors (Lipinski definition) is 8. The fraction of sp³-hybridized carbons (Fsp3) is 0.258. The number of piperidine rings is 1. The van der Waals surface area contributed by atoms with Gasteiger partial charge in [0.1, 0.15) is 30.0 Å². The maximum absolute atomic E-state index is 13.0. The van der Waals surface area contributed by atoms with Crippen LogP contribution in [0, 0.1) is 0 Å². The molecule has 0 radical (unpaired) electrons. The molecule has 0 bridgehead atoms. The number of imidazole rings is 1. The first kappa shape index (κ1) is 31.0. The highest BCUT2D eigenvalue weighted by Gasteiger charge is 2.32. The third-order valence-electron chi connectivity index (χ3n) is 7.34. The lowest BCUT2D eigenvalue weighted by Crippen LogP contribution is -2.39. The van der Waals surface area contributed by atoms with E-state index in [2.05, 4.69) is 15.4 Å². The van der Waals surface area contributed by atoms with Crippen molar-refractivity contribution < 1.29 is 27.5 Å². The Balaban J connectivity index is 1.32. The van der Waals surface area contributed by atoms with Crippen molar-refractivity contribution in [2.75, 3.05) is 25.4 Å². The average molecular weight is 621 g/mol. The van der Waals surface area contributed by atoms with E-state index in [4.69, 9.17) is 21.2 Å². The van der Waals surface area contributed by atoms with Gasteiger partial charge in [0, 0.05) is 36.7 Å². The molecule has 4 aromatic rings. The fourth-order valence-corrected chi connectivity index (χ4v) is 5.12. The van der Waals surface area contributed by atoms with Gasteiger partial charge in [0.15, 0.2) is 5.82 Å². The highest BCUT2D eigenvalue weighted by Crippen LogP contribution is 2.33. The molecule has 1 fully saturated rings. The molecular weight excluding hydrogens is 589 g/mol. The van der Waals surface area contributed by atoms with Crippen LogP contribution in [0.4, 0.5) is 23.8 Å². The van der Waals surface area contributed by atoms with Crippen LogP contribution in [0.15, 0.2) is 84.8 Å². The fourth-order valence-electron chi connectivity index (χ4n) is 5.12. The zero-order valence-electron chi connectivity index (χ0n) is 24.1. The van der Waals surface area contributed by atoms with Crippen LogP contribution in [0.3, 0.4) is 0 Å². The van der Waals surface area contributed by atoms with Gasteiger partial charge in [-0.15, -0.1) is 0 Å². The summed E-state index contributed by atoms with van der Waals surface area (Å²) in [5.41, 5.74) is 13.1. The molecule has 1 atom stereocenters. The van der Waals surface area contributed by atoms with Gasteiger partial charge in [0.05, 0.1) is 5.57 Å². The Hall–Kier alpha value is -5.40. The molecule has 0 saturated carbocycles. The van der Waals surface area contributed by atoms with Crippen molar-refractivity contribution in [3.05, 3.63) is 102 Å². The molecular formula is C31H31F3N8O3. The normalized spacial score (nSPS) is 15.8. The highest BCUT2D eigenvalue weighted by atomic mass is 19.4. The number of amides is 2. The number of carbonyl (C=O) groups is 2. The number of ether oxygens (including phenoxy) is 1. The highest BCUT2D eigenvalue weighted by molar-refractivity contribution is 5.95. The van der Waals surface area contributed by atoms with Gasteiger partial charge in [-0.25, -0.2) is 19.3 Å². The van der Waals surface area contributed by atoms with Crippen molar-refractivity contribution >= 4 is 23.3 Å². The summed E-state index contributed by atoms with van der Waals surface area (Å²) in [6.45, 7) is 0.756. The quantitative estimate of drug-likeness (QED) is 0.242. The number of hydrogen-bond donors (Lipinski definition) is 3. The van der Waals surface area contributed by atoms with Gasteiger partial charge in [-0.1, -0.05) is 48.5 Å². The van der Waals surface area contributed by atoms with Gasteiger partial charge in [-0.2, -0.15) is 18.3 Å². The number of rotatable bonds is 8. The van der Waals surface area contributed by atoms with Crippen molar-refractivity contribution in [3.8, 4) is 11.3 Å². The molecule has 3 heterocycles. The zero-order valence-corrected chi connectivity index (χ0v) is 24.1. The Morgan fingerprint density at radius 1 is 1.11 bits per heavy atom. The molecule has 5 N–H and O–H groups in total. The number of nitrogen functional groups attached to an aromatic ring is 1. The summed E-state index contributed by atoms with van der Waals surface area (Å²) in [6, 6.07) is 15.8. The van der Waals surface area contributed by atoms with Crippen molar-refractivity contribution in [1.29, 1.82) is 0 Å². The number of carbonyl (C=O) groups excluding carboxylic acids is 2. The molecule has 11 nitrogen and oxygen atoms in total. The predicted molar refractivity (Wildman–Crippen MR) is 161 cm³/mol. The molecule has 5 rings (SSSR count). The Morgan fingerprint density at radius 3 is 2.58 bits per heavy atom. The summed E-state index contributed by atoms with van der Waals surface area (Å²) >= 11 is 0. The van der Waals surface area contributed by atoms with E-state index in [1.807, 2.05) is 30.3 Å². The second-order valence-corrected chi connectivity index (χ2v) is 10.4. The molecule has 0 unspecified atom stereocenters. The molecule has 1 aliphatic heterocycles. The molecule has 234 valence electrons. The number of alkyl halides is 3. The van der Waals surface area contributed by atoms with Crippen LogP contribution in [0.2, 0.25) is 0 Å². The average Bonchev–Trinajstić information content (AvgIpc) is 3.44. The SMILES string of the molecule is N/C=C\C(=C/CNC(=O)c1ccc(-c2nc([C@@H]3CCCN(C(=O)OCc4ccccc4)C3)n3ncnc(N)c23)cc1)C(F)(F)F. The van der Waals surface area contributed by atoms with Crippen LogP contribution >= 0.6 is 0 Å². The second-order valence-electron chi connectivity index (χ2n) is 10.4. The van der Waals surface area contributed by atoms with Gasteiger partial charge in [-0.05, 0) is 42.8 Å². The number of anilines is 1. The number of nitrogens with one attached hydrogen (secondary N) is 1. The van der Waals surface area contributed by atoms with Gasteiger partial charge in [-0.3, -0.25) is 4.79 Å². The summed E-state index contributed by atoms with van der Waals surface area (Å²) in [7, 11) is 0. The number of nitrogens with two attached hydrogens (primary N) is 2. The number of allylic oxidation sites excluding steroid dienone is 2. The summed E-state index contributed by atoms with van der Waals surface area (Å²) in [5, 5.41) is 6.84. The Labute approximate surface area is 256 Å².